The molecule has 0 heterocycles. The predicted octanol–water partition coefficient (Wildman–Crippen LogP) is 3.28. The third-order valence-electron chi connectivity index (χ3n) is 1.40. The second kappa shape index (κ2) is 3.17. The minimum absolute atomic E-state index is 0.578. The lowest BCUT2D eigenvalue weighted by atomic mass is 10.1. The molecule has 1 rings (SSSR count). The molecule has 0 fully saturated rings. The molecule has 1 aromatic carbocycles. The Labute approximate surface area is 76.1 Å². The molecule has 0 unspecified atom stereocenters. The summed E-state index contributed by atoms with van der Waals surface area (Å²) in [6.07, 6.45) is 5.18. The summed E-state index contributed by atoms with van der Waals surface area (Å²) in [5, 5.41) is 1.23. The van der Waals surface area contributed by atoms with Crippen LogP contribution in [-0.2, 0) is 0 Å². The average Bonchev–Trinajstić information content (AvgIpc) is 1.97. The molecule has 0 saturated heterocycles. The molecule has 0 aliphatic rings. The number of halogens is 2. The quantitative estimate of drug-likeness (QED) is 0.544. The largest absolute Gasteiger partial charge is 0.115 e. The maximum atomic E-state index is 5.81. The summed E-state index contributed by atoms with van der Waals surface area (Å²) in [6, 6.07) is 3.46. The van der Waals surface area contributed by atoms with Crippen molar-refractivity contribution in [1.29, 1.82) is 0 Å². The highest BCUT2D eigenvalue weighted by molar-refractivity contribution is 6.34. The van der Waals surface area contributed by atoms with Crippen LogP contribution in [0.25, 0.3) is 0 Å². The first kappa shape index (κ1) is 8.46. The van der Waals surface area contributed by atoms with Gasteiger partial charge in [0, 0.05) is 10.6 Å². The van der Waals surface area contributed by atoms with Crippen LogP contribution >= 0.6 is 23.2 Å². The van der Waals surface area contributed by atoms with Crippen molar-refractivity contribution in [3.8, 4) is 12.3 Å². The van der Waals surface area contributed by atoms with Crippen LogP contribution in [0.1, 0.15) is 11.1 Å². The Morgan fingerprint density at radius 2 is 1.91 bits per heavy atom. The molecule has 56 valence electrons. The van der Waals surface area contributed by atoms with Gasteiger partial charge in [-0.25, -0.2) is 0 Å². The molecule has 0 bridgehead atoms. The molecule has 0 radical (unpaired) electrons. The summed E-state index contributed by atoms with van der Waals surface area (Å²) in [4.78, 5) is 0. The van der Waals surface area contributed by atoms with E-state index in [1.54, 1.807) is 12.1 Å². The second-order valence-electron chi connectivity index (χ2n) is 2.23. The fourth-order valence-corrected chi connectivity index (χ4v) is 1.19. The fourth-order valence-electron chi connectivity index (χ4n) is 0.757. The van der Waals surface area contributed by atoms with Gasteiger partial charge in [-0.05, 0) is 24.6 Å². The van der Waals surface area contributed by atoms with Gasteiger partial charge in [0.25, 0.3) is 0 Å². The topological polar surface area (TPSA) is 0 Å². The molecule has 0 saturated carbocycles. The van der Waals surface area contributed by atoms with Gasteiger partial charge in [-0.3, -0.25) is 0 Å². The molecule has 0 spiro atoms. The molecular formula is C9H6Cl2. The lowest BCUT2D eigenvalue weighted by Gasteiger charge is -2.00. The van der Waals surface area contributed by atoms with Crippen molar-refractivity contribution in [2.24, 2.45) is 0 Å². The molecule has 0 nitrogen and oxygen atoms in total. The number of benzene rings is 1. The van der Waals surface area contributed by atoms with Crippen LogP contribution in [-0.4, -0.2) is 0 Å². The standard InChI is InChI=1S/C9H6Cl2/c1-3-7-5-8(10)6(2)4-9(7)11/h1,4-5H,2H3. The number of aryl methyl sites for hydroxylation is 1. The zero-order chi connectivity index (χ0) is 8.43. The van der Waals surface area contributed by atoms with Crippen molar-refractivity contribution in [3.05, 3.63) is 33.3 Å². The summed E-state index contributed by atoms with van der Waals surface area (Å²) in [6.45, 7) is 1.88. The van der Waals surface area contributed by atoms with Gasteiger partial charge in [0.05, 0.1) is 5.02 Å². The van der Waals surface area contributed by atoms with E-state index >= 15 is 0 Å². The van der Waals surface area contributed by atoms with E-state index in [1.165, 1.54) is 0 Å². The van der Waals surface area contributed by atoms with E-state index in [-0.39, 0.29) is 0 Å². The number of hydrogen-bond acceptors (Lipinski definition) is 0. The van der Waals surface area contributed by atoms with Crippen molar-refractivity contribution in [1.82, 2.24) is 0 Å². The van der Waals surface area contributed by atoms with Crippen molar-refractivity contribution in [3.63, 3.8) is 0 Å². The maximum Gasteiger partial charge on any atom is 0.0566 e. The summed E-state index contributed by atoms with van der Waals surface area (Å²) >= 11 is 11.6. The predicted molar refractivity (Wildman–Crippen MR) is 49.1 cm³/mol. The third-order valence-corrected chi connectivity index (χ3v) is 2.12. The minimum Gasteiger partial charge on any atom is -0.115 e. The van der Waals surface area contributed by atoms with Crippen LogP contribution in [0.4, 0.5) is 0 Å². The Morgan fingerprint density at radius 1 is 1.27 bits per heavy atom. The SMILES string of the molecule is C#Cc1cc(Cl)c(C)cc1Cl. The number of rotatable bonds is 0. The van der Waals surface area contributed by atoms with Crippen LogP contribution < -0.4 is 0 Å². The van der Waals surface area contributed by atoms with E-state index in [4.69, 9.17) is 29.6 Å². The zero-order valence-corrected chi connectivity index (χ0v) is 7.50. The van der Waals surface area contributed by atoms with Crippen molar-refractivity contribution >= 4 is 23.2 Å². The van der Waals surface area contributed by atoms with E-state index in [9.17, 15) is 0 Å². The Morgan fingerprint density at radius 3 is 2.45 bits per heavy atom. The van der Waals surface area contributed by atoms with E-state index in [2.05, 4.69) is 5.92 Å². The summed E-state index contributed by atoms with van der Waals surface area (Å²) in [7, 11) is 0. The Kier molecular flexibility index (Phi) is 2.44. The van der Waals surface area contributed by atoms with Gasteiger partial charge < -0.3 is 0 Å². The average molecular weight is 185 g/mol. The van der Waals surface area contributed by atoms with E-state index in [0.717, 1.165) is 5.56 Å². The van der Waals surface area contributed by atoms with E-state index in [0.29, 0.717) is 15.6 Å². The molecule has 1 aromatic rings. The van der Waals surface area contributed by atoms with Crippen molar-refractivity contribution in [2.75, 3.05) is 0 Å². The van der Waals surface area contributed by atoms with Crippen molar-refractivity contribution < 1.29 is 0 Å². The minimum atomic E-state index is 0.578. The highest BCUT2D eigenvalue weighted by Crippen LogP contribution is 2.23. The smallest absolute Gasteiger partial charge is 0.0566 e. The molecule has 2 heteroatoms. The highest BCUT2D eigenvalue weighted by Gasteiger charge is 2.00. The lowest BCUT2D eigenvalue weighted by molar-refractivity contribution is 1.46. The molecule has 0 N–H and O–H groups in total. The molecule has 0 atom stereocenters. The Hall–Kier alpha value is -0.640. The first-order valence-corrected chi connectivity index (χ1v) is 3.83. The third kappa shape index (κ3) is 1.68. The molecule has 11 heavy (non-hydrogen) atoms. The first-order chi connectivity index (χ1) is 5.15. The lowest BCUT2D eigenvalue weighted by Crippen LogP contribution is -1.80. The van der Waals surface area contributed by atoms with Crippen LogP contribution in [0.3, 0.4) is 0 Å². The van der Waals surface area contributed by atoms with Gasteiger partial charge in [0.2, 0.25) is 0 Å². The van der Waals surface area contributed by atoms with Gasteiger partial charge in [-0.2, -0.15) is 0 Å². The van der Waals surface area contributed by atoms with E-state index < -0.39 is 0 Å². The van der Waals surface area contributed by atoms with Crippen molar-refractivity contribution in [2.45, 2.75) is 6.92 Å². The molecule has 0 amide bonds. The first-order valence-electron chi connectivity index (χ1n) is 3.07. The summed E-state index contributed by atoms with van der Waals surface area (Å²) < 4.78 is 0. The number of hydrogen-bond donors (Lipinski definition) is 0. The van der Waals surface area contributed by atoms with Gasteiger partial charge in [0.1, 0.15) is 0 Å². The molecule has 0 aliphatic carbocycles. The van der Waals surface area contributed by atoms with E-state index in [1.807, 2.05) is 6.92 Å². The second-order valence-corrected chi connectivity index (χ2v) is 3.04. The van der Waals surface area contributed by atoms with Crippen LogP contribution in [0.5, 0.6) is 0 Å². The Balaban J connectivity index is 3.35. The summed E-state index contributed by atoms with van der Waals surface area (Å²) in [5.74, 6) is 2.45. The van der Waals surface area contributed by atoms with Gasteiger partial charge in [-0.15, -0.1) is 6.42 Å². The monoisotopic (exact) mass is 184 g/mol. The molecule has 0 aromatic heterocycles. The molecular weight excluding hydrogens is 179 g/mol. The van der Waals surface area contributed by atoms with Crippen LogP contribution in [0.15, 0.2) is 12.1 Å². The van der Waals surface area contributed by atoms with Crippen LogP contribution in [0.2, 0.25) is 10.0 Å². The molecule has 0 aliphatic heterocycles. The van der Waals surface area contributed by atoms with Crippen LogP contribution in [0, 0.1) is 19.3 Å². The zero-order valence-electron chi connectivity index (χ0n) is 5.99. The summed E-state index contributed by atoms with van der Waals surface area (Å²) in [5.41, 5.74) is 1.58. The van der Waals surface area contributed by atoms with Gasteiger partial charge in [0.15, 0.2) is 0 Å². The Bertz CT molecular complexity index is 321. The fraction of sp³-hybridized carbons (Fsp3) is 0.111. The van der Waals surface area contributed by atoms with Gasteiger partial charge in [-0.1, -0.05) is 29.1 Å². The normalized spacial score (nSPS) is 9.27. The maximum absolute atomic E-state index is 5.81. The van der Waals surface area contributed by atoms with Gasteiger partial charge >= 0.3 is 0 Å². The highest BCUT2D eigenvalue weighted by atomic mass is 35.5. The number of terminal acetylenes is 1.